The highest BCUT2D eigenvalue weighted by molar-refractivity contribution is 7.80. The number of hydrogen-bond donors (Lipinski definition) is 2. The molecule has 0 saturated carbocycles. The summed E-state index contributed by atoms with van der Waals surface area (Å²) in [5.74, 6) is 0.333. The second kappa shape index (κ2) is 8.04. The van der Waals surface area contributed by atoms with Gasteiger partial charge in [-0.05, 0) is 12.8 Å². The van der Waals surface area contributed by atoms with Crippen LogP contribution in [0.5, 0.6) is 0 Å². The van der Waals surface area contributed by atoms with Gasteiger partial charge in [0.25, 0.3) is 0 Å². The van der Waals surface area contributed by atoms with Crippen LogP contribution in [0.2, 0.25) is 0 Å². The van der Waals surface area contributed by atoms with E-state index in [1.807, 2.05) is 0 Å². The van der Waals surface area contributed by atoms with E-state index in [2.05, 4.69) is 12.6 Å². The first kappa shape index (κ1) is 10.9. The number of hydrogen-bond acceptors (Lipinski definition) is 4. The van der Waals surface area contributed by atoms with Gasteiger partial charge >= 0.3 is 0 Å². The van der Waals surface area contributed by atoms with Crippen molar-refractivity contribution >= 4 is 18.9 Å². The van der Waals surface area contributed by atoms with Crippen LogP contribution in [-0.4, -0.2) is 31.3 Å². The lowest BCUT2D eigenvalue weighted by Gasteiger charge is -2.01. The molecule has 0 spiro atoms. The van der Waals surface area contributed by atoms with Crippen molar-refractivity contribution in [2.24, 2.45) is 5.73 Å². The van der Waals surface area contributed by atoms with Crippen molar-refractivity contribution in [3.63, 3.8) is 0 Å². The summed E-state index contributed by atoms with van der Waals surface area (Å²) in [5.41, 5.74) is 5.31. The summed E-state index contributed by atoms with van der Waals surface area (Å²) in [7, 11) is 0. The number of carbonyl (C=O) groups excluding carboxylic acids is 1. The summed E-state index contributed by atoms with van der Waals surface area (Å²) < 4.78 is 5.18. The van der Waals surface area contributed by atoms with E-state index >= 15 is 0 Å². The Bertz CT molecular complexity index is 99.4. The van der Waals surface area contributed by atoms with Crippen LogP contribution in [0, 0.1) is 0 Å². The summed E-state index contributed by atoms with van der Waals surface area (Å²) in [6.45, 7) is 1.61. The van der Waals surface area contributed by atoms with Gasteiger partial charge in [0.05, 0.1) is 6.10 Å². The lowest BCUT2D eigenvalue weighted by atomic mass is 10.2. The van der Waals surface area contributed by atoms with Crippen molar-refractivity contribution in [1.82, 2.24) is 0 Å². The fourth-order valence-corrected chi connectivity index (χ4v) is 0.830. The Morgan fingerprint density at radius 1 is 1.82 bits per heavy atom. The Kier molecular flexibility index (Phi) is 8.00. The number of rotatable bonds is 2. The third-order valence-electron chi connectivity index (χ3n) is 1.36. The molecule has 2 N–H and O–H groups in total. The molecular formula is C7H17NO2S. The van der Waals surface area contributed by atoms with Gasteiger partial charge in [0.1, 0.15) is 6.29 Å². The van der Waals surface area contributed by atoms with Crippen LogP contribution in [0.25, 0.3) is 0 Å². The number of aldehydes is 1. The van der Waals surface area contributed by atoms with Gasteiger partial charge in [-0.25, -0.2) is 0 Å². The predicted molar refractivity (Wildman–Crippen MR) is 50.1 cm³/mol. The van der Waals surface area contributed by atoms with Crippen molar-refractivity contribution in [2.75, 3.05) is 18.9 Å². The van der Waals surface area contributed by atoms with E-state index in [1.54, 1.807) is 0 Å². The van der Waals surface area contributed by atoms with Crippen molar-refractivity contribution in [1.29, 1.82) is 0 Å². The van der Waals surface area contributed by atoms with E-state index in [-0.39, 0.29) is 1.43 Å². The van der Waals surface area contributed by atoms with E-state index in [9.17, 15) is 0 Å². The molecule has 1 atom stereocenters. The average molecular weight is 179 g/mol. The molecule has 0 aromatic carbocycles. The van der Waals surface area contributed by atoms with Gasteiger partial charge in [-0.3, -0.25) is 0 Å². The first-order valence-electron chi connectivity index (χ1n) is 3.71. The summed E-state index contributed by atoms with van der Waals surface area (Å²) in [4.78, 5) is 9.10. The van der Waals surface area contributed by atoms with Gasteiger partial charge < -0.3 is 15.3 Å². The van der Waals surface area contributed by atoms with Gasteiger partial charge in [-0.15, -0.1) is 0 Å². The van der Waals surface area contributed by atoms with Gasteiger partial charge in [0.15, 0.2) is 0 Å². The number of nitrogens with two attached hydrogens (primary N) is 1. The SMILES string of the molecule is NC[C@@H]1CCCO1.O=CCS.[HH]. The minimum absolute atomic E-state index is 0. The zero-order valence-electron chi connectivity index (χ0n) is 6.53. The number of ether oxygens (including phenoxy) is 1. The molecule has 1 aliphatic heterocycles. The molecule has 0 aromatic heterocycles. The molecule has 4 heteroatoms. The Morgan fingerprint density at radius 3 is 2.64 bits per heavy atom. The summed E-state index contributed by atoms with van der Waals surface area (Å²) >= 11 is 3.55. The Hall–Kier alpha value is -0.0600. The summed E-state index contributed by atoms with van der Waals surface area (Å²) in [6.07, 6.45) is 3.47. The topological polar surface area (TPSA) is 52.3 Å². The van der Waals surface area contributed by atoms with E-state index in [0.29, 0.717) is 18.4 Å². The normalized spacial score (nSPS) is 22.2. The molecule has 0 bridgehead atoms. The number of carbonyl (C=O) groups is 1. The maximum absolute atomic E-state index is 9.10. The van der Waals surface area contributed by atoms with Crippen LogP contribution >= 0.6 is 12.6 Å². The highest BCUT2D eigenvalue weighted by Crippen LogP contribution is 2.09. The van der Waals surface area contributed by atoms with E-state index in [4.69, 9.17) is 15.3 Å². The van der Waals surface area contributed by atoms with E-state index in [0.717, 1.165) is 19.3 Å². The van der Waals surface area contributed by atoms with Crippen LogP contribution in [0.15, 0.2) is 0 Å². The minimum atomic E-state index is 0. The maximum Gasteiger partial charge on any atom is 0.129 e. The zero-order valence-corrected chi connectivity index (χ0v) is 7.43. The van der Waals surface area contributed by atoms with Gasteiger partial charge in [-0.1, -0.05) is 0 Å². The standard InChI is InChI=1S/C5H11NO.C2H4OS.H2/c6-4-5-2-1-3-7-5;3-1-2-4;/h5H,1-4,6H2;1,4H,2H2;1H/t5-;;/m0../s1. The largest absolute Gasteiger partial charge is 0.377 e. The molecule has 1 heterocycles. The van der Waals surface area contributed by atoms with Crippen molar-refractivity contribution in [3.8, 4) is 0 Å². The molecule has 0 aliphatic carbocycles. The Morgan fingerprint density at radius 2 is 2.45 bits per heavy atom. The smallest absolute Gasteiger partial charge is 0.129 e. The van der Waals surface area contributed by atoms with E-state index in [1.165, 1.54) is 6.42 Å². The van der Waals surface area contributed by atoms with Gasteiger partial charge in [-0.2, -0.15) is 12.6 Å². The third-order valence-corrected chi connectivity index (χ3v) is 1.51. The molecule has 1 fully saturated rings. The molecule has 0 amide bonds. The first-order valence-corrected chi connectivity index (χ1v) is 4.34. The fourth-order valence-electron chi connectivity index (χ4n) is 0.830. The average Bonchev–Trinajstić information content (AvgIpc) is 2.56. The second-order valence-electron chi connectivity index (χ2n) is 2.22. The molecule has 1 saturated heterocycles. The molecule has 0 radical (unpaired) electrons. The minimum Gasteiger partial charge on any atom is -0.377 e. The second-order valence-corrected chi connectivity index (χ2v) is 2.59. The van der Waals surface area contributed by atoms with Crippen LogP contribution < -0.4 is 5.73 Å². The Labute approximate surface area is 74.2 Å². The maximum atomic E-state index is 9.10. The molecule has 0 aromatic rings. The molecule has 3 nitrogen and oxygen atoms in total. The lowest BCUT2D eigenvalue weighted by Crippen LogP contribution is -2.17. The molecule has 68 valence electrons. The molecule has 11 heavy (non-hydrogen) atoms. The quantitative estimate of drug-likeness (QED) is 0.479. The highest BCUT2D eigenvalue weighted by atomic mass is 32.1. The van der Waals surface area contributed by atoms with Crippen LogP contribution in [0.3, 0.4) is 0 Å². The lowest BCUT2D eigenvalue weighted by molar-refractivity contribution is -0.105. The zero-order chi connectivity index (χ0) is 8.53. The molecular weight excluding hydrogens is 162 g/mol. The predicted octanol–water partition coefficient (Wildman–Crippen LogP) is 0.485. The van der Waals surface area contributed by atoms with Crippen molar-refractivity contribution in [2.45, 2.75) is 18.9 Å². The summed E-state index contributed by atoms with van der Waals surface area (Å²) in [6, 6.07) is 0. The summed E-state index contributed by atoms with van der Waals surface area (Å²) in [5, 5.41) is 0. The fraction of sp³-hybridized carbons (Fsp3) is 0.857. The first-order chi connectivity index (χ1) is 5.35. The van der Waals surface area contributed by atoms with Gasteiger partial charge in [0, 0.05) is 20.3 Å². The highest BCUT2D eigenvalue weighted by Gasteiger charge is 2.11. The monoisotopic (exact) mass is 179 g/mol. The van der Waals surface area contributed by atoms with Gasteiger partial charge in [0.2, 0.25) is 0 Å². The molecule has 0 unspecified atom stereocenters. The van der Waals surface area contributed by atoms with Crippen molar-refractivity contribution < 1.29 is 11.0 Å². The van der Waals surface area contributed by atoms with Crippen LogP contribution in [-0.2, 0) is 9.53 Å². The third kappa shape index (κ3) is 6.34. The molecule has 1 rings (SSSR count). The molecule has 1 aliphatic rings. The Balaban J connectivity index is 0. The van der Waals surface area contributed by atoms with Crippen LogP contribution in [0.1, 0.15) is 14.3 Å². The van der Waals surface area contributed by atoms with Crippen molar-refractivity contribution in [3.05, 3.63) is 0 Å². The van der Waals surface area contributed by atoms with E-state index < -0.39 is 0 Å². The number of thiol groups is 1. The van der Waals surface area contributed by atoms with Crippen LogP contribution in [0.4, 0.5) is 0 Å².